The summed E-state index contributed by atoms with van der Waals surface area (Å²) in [5.41, 5.74) is 1.23. The number of ketones is 1. The molecule has 1 amide bonds. The van der Waals surface area contributed by atoms with Crippen molar-refractivity contribution >= 4 is 34.2 Å². The van der Waals surface area contributed by atoms with Crippen LogP contribution in [0.5, 0.6) is 5.75 Å². The summed E-state index contributed by atoms with van der Waals surface area (Å²) < 4.78 is 5.92. The van der Waals surface area contributed by atoms with Crippen LogP contribution in [0.15, 0.2) is 48.9 Å². The molecular weight excluding hydrogens is 366 g/mol. The lowest BCUT2D eigenvalue weighted by molar-refractivity contribution is -0.128. The number of pyridine rings is 1. The Kier molecular flexibility index (Phi) is 4.81. The Labute approximate surface area is 161 Å². The molecule has 3 aromatic rings. The molecule has 6 nitrogen and oxygen atoms in total. The predicted octanol–water partition coefficient (Wildman–Crippen LogP) is 3.47. The number of para-hydroxylation sites is 1. The van der Waals surface area contributed by atoms with Gasteiger partial charge in [0.1, 0.15) is 16.9 Å². The van der Waals surface area contributed by atoms with Crippen molar-refractivity contribution in [2.75, 3.05) is 13.1 Å². The number of carbonyl (C=O) groups excluding carboxylic acids is 2. The van der Waals surface area contributed by atoms with Gasteiger partial charge < -0.3 is 14.6 Å². The van der Waals surface area contributed by atoms with Gasteiger partial charge in [-0.05, 0) is 18.9 Å². The van der Waals surface area contributed by atoms with E-state index in [9.17, 15) is 9.59 Å². The van der Waals surface area contributed by atoms with Crippen molar-refractivity contribution < 1.29 is 14.3 Å². The van der Waals surface area contributed by atoms with Crippen LogP contribution in [0.1, 0.15) is 23.2 Å². The Bertz CT molecular complexity index is 1000. The van der Waals surface area contributed by atoms with Crippen LogP contribution in [0.4, 0.5) is 0 Å². The lowest BCUT2D eigenvalue weighted by Crippen LogP contribution is -2.47. The minimum absolute atomic E-state index is 0.210. The number of nitrogens with one attached hydrogen (secondary N) is 1. The van der Waals surface area contributed by atoms with Gasteiger partial charge in [-0.1, -0.05) is 29.8 Å². The molecule has 0 saturated carbocycles. The smallest absolute Gasteiger partial charge is 0.295 e. The zero-order valence-electron chi connectivity index (χ0n) is 14.5. The van der Waals surface area contributed by atoms with Crippen LogP contribution in [0.2, 0.25) is 5.02 Å². The summed E-state index contributed by atoms with van der Waals surface area (Å²) in [5.74, 6) is -0.474. The van der Waals surface area contributed by atoms with E-state index in [1.165, 1.54) is 6.20 Å². The molecule has 7 heteroatoms. The molecule has 138 valence electrons. The molecule has 1 aliphatic heterocycles. The molecule has 27 heavy (non-hydrogen) atoms. The maximum Gasteiger partial charge on any atom is 0.295 e. The quantitative estimate of drug-likeness (QED) is 0.553. The predicted molar refractivity (Wildman–Crippen MR) is 102 cm³/mol. The molecule has 0 aliphatic carbocycles. The Hall–Kier alpha value is -2.86. The molecule has 0 spiro atoms. The van der Waals surface area contributed by atoms with Gasteiger partial charge in [-0.2, -0.15) is 0 Å². The number of rotatable bonds is 4. The molecule has 1 N–H and O–H groups in total. The third-order valence-electron chi connectivity index (χ3n) is 4.72. The van der Waals surface area contributed by atoms with Gasteiger partial charge in [0.05, 0.1) is 12.1 Å². The number of carbonyl (C=O) groups is 2. The van der Waals surface area contributed by atoms with Gasteiger partial charge >= 0.3 is 0 Å². The molecule has 1 aliphatic rings. The van der Waals surface area contributed by atoms with E-state index in [1.807, 2.05) is 24.3 Å². The SMILES string of the molecule is O=C(C(=O)N1CCCC(Oc2ccncc2Cl)C1)c1c[nH]c2ccccc12. The number of nitrogens with zero attached hydrogens (tertiary/aromatic N) is 2. The maximum atomic E-state index is 12.8. The molecular formula is C20H18ClN3O3. The minimum atomic E-state index is -0.506. The Morgan fingerprint density at radius 3 is 2.96 bits per heavy atom. The van der Waals surface area contributed by atoms with Crippen LogP contribution in [0.25, 0.3) is 10.9 Å². The van der Waals surface area contributed by atoms with E-state index in [1.54, 1.807) is 23.4 Å². The molecule has 1 fully saturated rings. The zero-order valence-corrected chi connectivity index (χ0v) is 15.3. The van der Waals surface area contributed by atoms with E-state index in [2.05, 4.69) is 9.97 Å². The van der Waals surface area contributed by atoms with Crippen molar-refractivity contribution in [1.29, 1.82) is 0 Å². The topological polar surface area (TPSA) is 75.3 Å². The summed E-state index contributed by atoms with van der Waals surface area (Å²) in [7, 11) is 0. The van der Waals surface area contributed by atoms with Gasteiger partial charge in [-0.3, -0.25) is 14.6 Å². The first-order valence-corrected chi connectivity index (χ1v) is 9.17. The van der Waals surface area contributed by atoms with E-state index in [-0.39, 0.29) is 6.10 Å². The van der Waals surface area contributed by atoms with Gasteiger partial charge in [-0.25, -0.2) is 0 Å². The highest BCUT2D eigenvalue weighted by Gasteiger charge is 2.30. The lowest BCUT2D eigenvalue weighted by atomic mass is 10.0. The van der Waals surface area contributed by atoms with E-state index in [0.29, 0.717) is 29.4 Å². The van der Waals surface area contributed by atoms with Gasteiger partial charge in [0.25, 0.3) is 11.7 Å². The molecule has 3 heterocycles. The van der Waals surface area contributed by atoms with Crippen LogP contribution in [-0.2, 0) is 4.79 Å². The standard InChI is InChI=1S/C20H18ClN3O3/c21-16-11-22-8-7-18(16)27-13-4-3-9-24(12-13)20(26)19(25)15-10-23-17-6-2-1-5-14(15)17/h1-2,5-8,10-11,13,23H,3-4,9,12H2. The molecule has 1 aromatic carbocycles. The number of benzene rings is 1. The third-order valence-corrected chi connectivity index (χ3v) is 5.01. The first-order valence-electron chi connectivity index (χ1n) is 8.79. The third kappa shape index (κ3) is 3.53. The first-order chi connectivity index (χ1) is 13.1. The van der Waals surface area contributed by atoms with Crippen molar-refractivity contribution in [2.24, 2.45) is 0 Å². The van der Waals surface area contributed by atoms with Crippen molar-refractivity contribution in [3.8, 4) is 5.75 Å². The normalized spacial score (nSPS) is 17.1. The van der Waals surface area contributed by atoms with Gasteiger partial charge in [-0.15, -0.1) is 0 Å². The molecule has 1 atom stereocenters. The number of H-pyrrole nitrogens is 1. The number of likely N-dealkylation sites (tertiary alicyclic amines) is 1. The molecule has 1 saturated heterocycles. The average Bonchev–Trinajstić information content (AvgIpc) is 3.13. The average molecular weight is 384 g/mol. The van der Waals surface area contributed by atoms with Crippen LogP contribution >= 0.6 is 11.6 Å². The van der Waals surface area contributed by atoms with E-state index < -0.39 is 11.7 Å². The fourth-order valence-electron chi connectivity index (χ4n) is 3.37. The molecule has 0 radical (unpaired) electrons. The summed E-state index contributed by atoms with van der Waals surface area (Å²) >= 11 is 6.09. The van der Waals surface area contributed by atoms with Crippen LogP contribution in [0, 0.1) is 0 Å². The highest BCUT2D eigenvalue weighted by molar-refractivity contribution is 6.44. The highest BCUT2D eigenvalue weighted by atomic mass is 35.5. The Balaban J connectivity index is 1.48. The summed E-state index contributed by atoms with van der Waals surface area (Å²) in [5, 5.41) is 1.18. The van der Waals surface area contributed by atoms with Gasteiger partial charge in [0.2, 0.25) is 0 Å². The van der Waals surface area contributed by atoms with Crippen molar-refractivity contribution in [3.05, 3.63) is 59.5 Å². The first kappa shape index (κ1) is 17.5. The molecule has 0 bridgehead atoms. The summed E-state index contributed by atoms with van der Waals surface area (Å²) in [6, 6.07) is 9.13. The number of hydrogen-bond acceptors (Lipinski definition) is 4. The second-order valence-electron chi connectivity index (χ2n) is 6.52. The number of fused-ring (bicyclic) bond motifs is 1. The Morgan fingerprint density at radius 1 is 1.26 bits per heavy atom. The number of Topliss-reactive ketones (excluding diaryl/α,β-unsaturated/α-hetero) is 1. The van der Waals surface area contributed by atoms with Crippen LogP contribution in [-0.4, -0.2) is 45.8 Å². The van der Waals surface area contributed by atoms with Gasteiger partial charge in [0, 0.05) is 42.1 Å². The minimum Gasteiger partial charge on any atom is -0.487 e. The zero-order chi connectivity index (χ0) is 18.8. The lowest BCUT2D eigenvalue weighted by Gasteiger charge is -2.32. The fourth-order valence-corrected chi connectivity index (χ4v) is 3.54. The number of halogens is 1. The number of hydrogen-bond donors (Lipinski definition) is 1. The van der Waals surface area contributed by atoms with Crippen LogP contribution < -0.4 is 4.74 Å². The van der Waals surface area contributed by atoms with E-state index in [0.717, 1.165) is 23.7 Å². The number of aromatic nitrogens is 2. The van der Waals surface area contributed by atoms with Crippen LogP contribution in [0.3, 0.4) is 0 Å². The fraction of sp³-hybridized carbons (Fsp3) is 0.250. The molecule has 1 unspecified atom stereocenters. The largest absolute Gasteiger partial charge is 0.487 e. The van der Waals surface area contributed by atoms with E-state index >= 15 is 0 Å². The molecule has 2 aromatic heterocycles. The number of amides is 1. The number of aromatic amines is 1. The number of ether oxygens (including phenoxy) is 1. The second-order valence-corrected chi connectivity index (χ2v) is 6.92. The maximum absolute atomic E-state index is 12.8. The van der Waals surface area contributed by atoms with E-state index in [4.69, 9.17) is 16.3 Å². The summed E-state index contributed by atoms with van der Waals surface area (Å²) in [6.45, 7) is 0.891. The summed E-state index contributed by atoms with van der Waals surface area (Å²) in [4.78, 5) is 34.1. The second kappa shape index (κ2) is 7.40. The van der Waals surface area contributed by atoms with Crippen molar-refractivity contribution in [2.45, 2.75) is 18.9 Å². The highest BCUT2D eigenvalue weighted by Crippen LogP contribution is 2.26. The Morgan fingerprint density at radius 2 is 2.11 bits per heavy atom. The van der Waals surface area contributed by atoms with Crippen molar-refractivity contribution in [3.63, 3.8) is 0 Å². The van der Waals surface area contributed by atoms with Gasteiger partial charge in [0.15, 0.2) is 0 Å². The van der Waals surface area contributed by atoms with Crippen molar-refractivity contribution in [1.82, 2.24) is 14.9 Å². The molecule has 4 rings (SSSR count). The number of piperidine rings is 1. The summed E-state index contributed by atoms with van der Waals surface area (Å²) in [6.07, 6.45) is 6.07. The monoisotopic (exact) mass is 383 g/mol.